The number of anilines is 1. The first kappa shape index (κ1) is 11.7. The maximum absolute atomic E-state index is 5.78. The Balaban J connectivity index is 2.18. The number of ether oxygens (including phenoxy) is 1. The van der Waals surface area contributed by atoms with Crippen molar-refractivity contribution < 1.29 is 4.74 Å². The molecule has 1 aromatic rings. The van der Waals surface area contributed by atoms with Crippen LogP contribution in [-0.2, 0) is 11.3 Å². The van der Waals surface area contributed by atoms with Crippen LogP contribution in [0.2, 0.25) is 0 Å². The molecule has 0 amide bonds. The summed E-state index contributed by atoms with van der Waals surface area (Å²) in [5, 5.41) is 0.410. The predicted molar refractivity (Wildman–Crippen MR) is 66.2 cm³/mol. The maximum atomic E-state index is 5.78. The molecule has 1 atom stereocenters. The number of nitrogens with zero attached hydrogens (tertiary/aromatic N) is 2. The molecule has 16 heavy (non-hydrogen) atoms. The molecule has 2 N–H and O–H groups in total. The summed E-state index contributed by atoms with van der Waals surface area (Å²) in [5.74, 6) is 2.61. The fraction of sp³-hybridized carbons (Fsp3) is 0.636. The van der Waals surface area contributed by atoms with Crippen molar-refractivity contribution in [1.29, 1.82) is 0 Å². The van der Waals surface area contributed by atoms with Gasteiger partial charge in [0.1, 0.15) is 11.6 Å². The molecule has 0 spiro atoms. The Labute approximate surface area is 100.0 Å². The average Bonchev–Trinajstić information content (AvgIpc) is 2.30. The molecule has 88 valence electrons. The Kier molecular flexibility index (Phi) is 4.01. The third-order valence-electron chi connectivity index (χ3n) is 2.58. The van der Waals surface area contributed by atoms with Gasteiger partial charge in [-0.3, -0.25) is 0 Å². The van der Waals surface area contributed by atoms with E-state index in [0.717, 1.165) is 17.9 Å². The minimum Gasteiger partial charge on any atom is -0.384 e. The van der Waals surface area contributed by atoms with Gasteiger partial charge in [-0.05, 0) is 18.6 Å². The van der Waals surface area contributed by atoms with Crippen molar-refractivity contribution >= 4 is 17.6 Å². The Bertz CT molecular complexity index is 353. The Morgan fingerprint density at radius 2 is 2.38 bits per heavy atom. The summed E-state index contributed by atoms with van der Waals surface area (Å²) in [4.78, 5) is 8.84. The van der Waals surface area contributed by atoms with Crippen molar-refractivity contribution in [2.24, 2.45) is 0 Å². The predicted octanol–water partition coefficient (Wildman–Crippen LogP) is 2.16. The smallest absolute Gasteiger partial charge is 0.144 e. The summed E-state index contributed by atoms with van der Waals surface area (Å²) in [6.45, 7) is 0.497. The molecule has 1 unspecified atom stereocenters. The van der Waals surface area contributed by atoms with E-state index in [0.29, 0.717) is 17.7 Å². The first-order valence-electron chi connectivity index (χ1n) is 5.53. The Hall–Kier alpha value is -0.810. The highest BCUT2D eigenvalue weighted by molar-refractivity contribution is 7.99. The minimum absolute atomic E-state index is 0.410. The van der Waals surface area contributed by atoms with Crippen LogP contribution in [-0.4, -0.2) is 22.8 Å². The first-order valence-corrected chi connectivity index (χ1v) is 6.58. The van der Waals surface area contributed by atoms with Gasteiger partial charge in [-0.15, -0.1) is 0 Å². The second-order valence-electron chi connectivity index (χ2n) is 3.93. The lowest BCUT2D eigenvalue weighted by Gasteiger charge is -2.20. The molecule has 1 aromatic heterocycles. The number of hydrogen-bond acceptors (Lipinski definition) is 5. The third kappa shape index (κ3) is 2.86. The zero-order chi connectivity index (χ0) is 11.4. The van der Waals surface area contributed by atoms with E-state index >= 15 is 0 Å². The van der Waals surface area contributed by atoms with Crippen LogP contribution in [0.15, 0.2) is 6.07 Å². The zero-order valence-electron chi connectivity index (χ0n) is 9.48. The molecule has 2 heterocycles. The number of aromatic nitrogens is 2. The normalized spacial score (nSPS) is 20.9. The van der Waals surface area contributed by atoms with Crippen LogP contribution in [0.1, 0.15) is 36.0 Å². The van der Waals surface area contributed by atoms with Gasteiger partial charge >= 0.3 is 0 Å². The largest absolute Gasteiger partial charge is 0.384 e. The first-order chi connectivity index (χ1) is 7.79. The molecule has 1 fully saturated rings. The van der Waals surface area contributed by atoms with Gasteiger partial charge in [0.25, 0.3) is 0 Å². The van der Waals surface area contributed by atoms with E-state index in [1.54, 1.807) is 13.2 Å². The SMILES string of the molecule is COCc1cc(N)nc(C2CCCCS2)n1. The summed E-state index contributed by atoms with van der Waals surface area (Å²) in [7, 11) is 1.66. The van der Waals surface area contributed by atoms with Gasteiger partial charge in [-0.1, -0.05) is 6.42 Å². The summed E-state index contributed by atoms with van der Waals surface area (Å²) < 4.78 is 5.07. The Morgan fingerprint density at radius 3 is 3.06 bits per heavy atom. The molecule has 0 saturated carbocycles. The number of nitrogens with two attached hydrogens (primary N) is 1. The number of methoxy groups -OCH3 is 1. The van der Waals surface area contributed by atoms with Crippen molar-refractivity contribution in [3.8, 4) is 0 Å². The van der Waals surface area contributed by atoms with Crippen LogP contribution >= 0.6 is 11.8 Å². The van der Waals surface area contributed by atoms with Crippen LogP contribution in [0, 0.1) is 0 Å². The second kappa shape index (κ2) is 5.50. The van der Waals surface area contributed by atoms with Crippen LogP contribution < -0.4 is 5.73 Å². The lowest BCUT2D eigenvalue weighted by Crippen LogP contribution is -2.10. The van der Waals surface area contributed by atoms with E-state index < -0.39 is 0 Å². The fourth-order valence-electron chi connectivity index (χ4n) is 1.85. The van der Waals surface area contributed by atoms with Crippen molar-refractivity contribution in [3.63, 3.8) is 0 Å². The van der Waals surface area contributed by atoms with Crippen molar-refractivity contribution in [2.45, 2.75) is 31.1 Å². The van der Waals surface area contributed by atoms with Gasteiger partial charge in [0, 0.05) is 13.2 Å². The third-order valence-corrected chi connectivity index (χ3v) is 3.95. The number of rotatable bonds is 3. The molecule has 1 aliphatic rings. The van der Waals surface area contributed by atoms with E-state index in [1.165, 1.54) is 18.6 Å². The molecular weight excluding hydrogens is 222 g/mol. The number of nitrogen functional groups attached to an aromatic ring is 1. The van der Waals surface area contributed by atoms with E-state index in [-0.39, 0.29) is 0 Å². The highest BCUT2D eigenvalue weighted by Gasteiger charge is 2.19. The molecule has 2 rings (SSSR count). The molecule has 0 radical (unpaired) electrons. The molecule has 4 nitrogen and oxygen atoms in total. The van der Waals surface area contributed by atoms with Crippen molar-refractivity contribution in [2.75, 3.05) is 18.6 Å². The van der Waals surface area contributed by atoms with Gasteiger partial charge in [0.2, 0.25) is 0 Å². The van der Waals surface area contributed by atoms with Crippen LogP contribution in [0.4, 0.5) is 5.82 Å². The van der Waals surface area contributed by atoms with Gasteiger partial charge in [-0.2, -0.15) is 11.8 Å². The Morgan fingerprint density at radius 1 is 1.50 bits per heavy atom. The molecule has 5 heteroatoms. The van der Waals surface area contributed by atoms with Crippen LogP contribution in [0.5, 0.6) is 0 Å². The molecule has 1 saturated heterocycles. The van der Waals surface area contributed by atoms with Crippen LogP contribution in [0.3, 0.4) is 0 Å². The standard InChI is InChI=1S/C11H17N3OS/c1-15-7-8-6-10(12)14-11(13-8)9-4-2-3-5-16-9/h6,9H,2-5,7H2,1H3,(H2,12,13,14). The molecule has 0 aromatic carbocycles. The molecule has 0 aliphatic carbocycles. The lowest BCUT2D eigenvalue weighted by molar-refractivity contribution is 0.181. The number of hydrogen-bond donors (Lipinski definition) is 1. The van der Waals surface area contributed by atoms with E-state index in [1.807, 2.05) is 11.8 Å². The van der Waals surface area contributed by atoms with E-state index in [9.17, 15) is 0 Å². The molecule has 1 aliphatic heterocycles. The summed E-state index contributed by atoms with van der Waals surface area (Å²) in [6, 6.07) is 1.78. The topological polar surface area (TPSA) is 61.0 Å². The average molecular weight is 239 g/mol. The second-order valence-corrected chi connectivity index (χ2v) is 5.24. The zero-order valence-corrected chi connectivity index (χ0v) is 10.3. The van der Waals surface area contributed by atoms with E-state index in [4.69, 9.17) is 10.5 Å². The molecular formula is C11H17N3OS. The van der Waals surface area contributed by atoms with E-state index in [2.05, 4.69) is 9.97 Å². The summed E-state index contributed by atoms with van der Waals surface area (Å²) in [6.07, 6.45) is 3.71. The van der Waals surface area contributed by atoms with Gasteiger partial charge < -0.3 is 10.5 Å². The highest BCUT2D eigenvalue weighted by atomic mass is 32.2. The lowest BCUT2D eigenvalue weighted by atomic mass is 10.2. The van der Waals surface area contributed by atoms with Crippen molar-refractivity contribution in [1.82, 2.24) is 9.97 Å². The molecule has 0 bridgehead atoms. The highest BCUT2D eigenvalue weighted by Crippen LogP contribution is 2.36. The summed E-state index contributed by atoms with van der Waals surface area (Å²) in [5.41, 5.74) is 6.65. The summed E-state index contributed by atoms with van der Waals surface area (Å²) >= 11 is 1.93. The van der Waals surface area contributed by atoms with Gasteiger partial charge in [0.15, 0.2) is 0 Å². The van der Waals surface area contributed by atoms with Crippen LogP contribution in [0.25, 0.3) is 0 Å². The van der Waals surface area contributed by atoms with Crippen molar-refractivity contribution in [3.05, 3.63) is 17.6 Å². The van der Waals surface area contributed by atoms with Gasteiger partial charge in [-0.25, -0.2) is 9.97 Å². The minimum atomic E-state index is 0.410. The fourth-order valence-corrected chi connectivity index (χ4v) is 3.09. The maximum Gasteiger partial charge on any atom is 0.144 e. The monoisotopic (exact) mass is 239 g/mol. The number of thioether (sulfide) groups is 1. The van der Waals surface area contributed by atoms with Gasteiger partial charge in [0.05, 0.1) is 17.6 Å². The quantitative estimate of drug-likeness (QED) is 0.876.